The Kier molecular flexibility index (Phi) is 6.50. The fraction of sp³-hybridized carbons (Fsp3) is 1.00. The van der Waals surface area contributed by atoms with Crippen LogP contribution in [0.2, 0.25) is 0 Å². The van der Waals surface area contributed by atoms with Gasteiger partial charge in [0.1, 0.15) is 24.4 Å². The second-order valence-corrected chi connectivity index (χ2v) is 5.55. The van der Waals surface area contributed by atoms with Gasteiger partial charge >= 0.3 is 0 Å². The van der Waals surface area contributed by atoms with Crippen molar-refractivity contribution >= 4 is 0 Å². The summed E-state index contributed by atoms with van der Waals surface area (Å²) in [6, 6.07) is 0. The van der Waals surface area contributed by atoms with Crippen LogP contribution in [-0.4, -0.2) is 95.1 Å². The Morgan fingerprint density at radius 3 is 2.05 bits per heavy atom. The third-order valence-corrected chi connectivity index (χ3v) is 3.96. The highest BCUT2D eigenvalue weighted by Crippen LogP contribution is 2.24. The zero-order valence-electron chi connectivity index (χ0n) is 12.3. The van der Waals surface area contributed by atoms with Crippen molar-refractivity contribution in [2.24, 2.45) is 0 Å². The summed E-state index contributed by atoms with van der Waals surface area (Å²) in [5.74, 6) is 0. The number of hydrogen-bond acceptors (Lipinski definition) is 9. The van der Waals surface area contributed by atoms with E-state index in [0.717, 1.165) is 0 Å². The average Bonchev–Trinajstić information content (AvgIpc) is 2.51. The van der Waals surface area contributed by atoms with Gasteiger partial charge in [-0.05, 0) is 0 Å². The van der Waals surface area contributed by atoms with E-state index in [2.05, 4.69) is 0 Å². The molecule has 0 saturated carbocycles. The lowest BCUT2D eigenvalue weighted by Gasteiger charge is -2.39. The lowest BCUT2D eigenvalue weighted by molar-refractivity contribution is -0.289. The maximum absolute atomic E-state index is 9.89. The van der Waals surface area contributed by atoms with Gasteiger partial charge in [-0.25, -0.2) is 0 Å². The number of ether oxygens (including phenoxy) is 4. The van der Waals surface area contributed by atoms with Crippen LogP contribution in [0.15, 0.2) is 0 Å². The third-order valence-electron chi connectivity index (χ3n) is 3.96. The van der Waals surface area contributed by atoms with Crippen LogP contribution in [0, 0.1) is 0 Å². The van der Waals surface area contributed by atoms with Crippen LogP contribution < -0.4 is 0 Å². The molecule has 0 aromatic rings. The first-order chi connectivity index (χ1) is 10.5. The summed E-state index contributed by atoms with van der Waals surface area (Å²) in [7, 11) is 1.43. The molecule has 5 N–H and O–H groups in total. The molecule has 9 nitrogen and oxygen atoms in total. The topological polar surface area (TPSA) is 138 Å². The summed E-state index contributed by atoms with van der Waals surface area (Å²) in [6.45, 7) is -0.547. The van der Waals surface area contributed by atoms with E-state index >= 15 is 0 Å². The van der Waals surface area contributed by atoms with E-state index in [0.29, 0.717) is 0 Å². The Hall–Kier alpha value is -0.360. The Morgan fingerprint density at radius 2 is 1.45 bits per heavy atom. The summed E-state index contributed by atoms with van der Waals surface area (Å²) in [6.07, 6.45) is -7.44. The fourth-order valence-electron chi connectivity index (χ4n) is 2.58. The van der Waals surface area contributed by atoms with Gasteiger partial charge in [0.25, 0.3) is 0 Å². The molecule has 2 heterocycles. The molecule has 130 valence electrons. The highest BCUT2D eigenvalue weighted by atomic mass is 16.7. The van der Waals surface area contributed by atoms with E-state index in [-0.39, 0.29) is 19.4 Å². The van der Waals surface area contributed by atoms with Crippen molar-refractivity contribution in [1.29, 1.82) is 0 Å². The summed E-state index contributed by atoms with van der Waals surface area (Å²) < 4.78 is 21.2. The summed E-state index contributed by atoms with van der Waals surface area (Å²) in [4.78, 5) is 0. The minimum Gasteiger partial charge on any atom is -0.394 e. The highest BCUT2D eigenvalue weighted by molar-refractivity contribution is 4.85. The molecule has 0 aliphatic carbocycles. The Labute approximate surface area is 128 Å². The number of methoxy groups -OCH3 is 1. The molecule has 2 saturated heterocycles. The lowest BCUT2D eigenvalue weighted by atomic mass is 10.0. The Balaban J connectivity index is 1.86. The van der Waals surface area contributed by atoms with Gasteiger partial charge in [-0.2, -0.15) is 0 Å². The largest absolute Gasteiger partial charge is 0.394 e. The predicted molar refractivity (Wildman–Crippen MR) is 70.6 cm³/mol. The van der Waals surface area contributed by atoms with E-state index < -0.39 is 55.8 Å². The van der Waals surface area contributed by atoms with Crippen molar-refractivity contribution in [3.8, 4) is 0 Å². The van der Waals surface area contributed by atoms with Crippen LogP contribution in [0.1, 0.15) is 12.8 Å². The Morgan fingerprint density at radius 1 is 0.909 bits per heavy atom. The predicted octanol–water partition coefficient (Wildman–Crippen LogP) is -2.68. The van der Waals surface area contributed by atoms with Gasteiger partial charge < -0.3 is 44.5 Å². The normalized spacial score (nSPS) is 46.6. The average molecular weight is 324 g/mol. The second-order valence-electron chi connectivity index (χ2n) is 5.55. The minimum absolute atomic E-state index is 0.0245. The van der Waals surface area contributed by atoms with Gasteiger partial charge in [0.15, 0.2) is 12.6 Å². The molecule has 2 rings (SSSR count). The third kappa shape index (κ3) is 4.13. The van der Waals surface area contributed by atoms with Gasteiger partial charge in [0.2, 0.25) is 0 Å². The molecule has 2 aliphatic heterocycles. The fourth-order valence-corrected chi connectivity index (χ4v) is 2.58. The van der Waals surface area contributed by atoms with Crippen LogP contribution in [0.3, 0.4) is 0 Å². The smallest absolute Gasteiger partial charge is 0.160 e. The maximum atomic E-state index is 9.89. The van der Waals surface area contributed by atoms with Crippen molar-refractivity contribution in [3.63, 3.8) is 0 Å². The van der Waals surface area contributed by atoms with Crippen LogP contribution in [-0.2, 0) is 18.9 Å². The molecule has 5 unspecified atom stereocenters. The summed E-state index contributed by atoms with van der Waals surface area (Å²) >= 11 is 0. The number of hydrogen-bond donors (Lipinski definition) is 5. The molecular formula is C13H24O9. The van der Waals surface area contributed by atoms with Crippen molar-refractivity contribution in [2.45, 2.75) is 62.0 Å². The summed E-state index contributed by atoms with van der Waals surface area (Å²) in [5, 5.41) is 48.0. The van der Waals surface area contributed by atoms with E-state index in [1.165, 1.54) is 7.11 Å². The SMILES string of the molecule is CO[C@@H]1CC(O)[C@H](O)C(COC2C[C@@H](O)C(O)C(CO)O2)O1. The summed E-state index contributed by atoms with van der Waals surface area (Å²) in [5.41, 5.74) is 0. The molecule has 22 heavy (non-hydrogen) atoms. The van der Waals surface area contributed by atoms with E-state index in [1.54, 1.807) is 0 Å². The van der Waals surface area contributed by atoms with Crippen molar-refractivity contribution in [3.05, 3.63) is 0 Å². The molecule has 0 spiro atoms. The van der Waals surface area contributed by atoms with Gasteiger partial charge in [-0.15, -0.1) is 0 Å². The number of aliphatic hydroxyl groups is 5. The standard InChI is InChI=1S/C13H24O9/c1-19-10-2-6(15)13(18)9(22-10)5-20-11-3-7(16)12(17)8(4-14)21-11/h6-18H,2-5H2,1H3/t6?,7-,8?,9?,10+,11?,12?,13+/m1/s1. The van der Waals surface area contributed by atoms with Crippen molar-refractivity contribution < 1.29 is 44.5 Å². The molecular weight excluding hydrogens is 300 g/mol. The zero-order valence-corrected chi connectivity index (χ0v) is 12.3. The van der Waals surface area contributed by atoms with Crippen LogP contribution in [0.25, 0.3) is 0 Å². The molecule has 2 aliphatic rings. The molecule has 0 radical (unpaired) electrons. The molecule has 0 amide bonds. The van der Waals surface area contributed by atoms with E-state index in [4.69, 9.17) is 24.1 Å². The first-order valence-electron chi connectivity index (χ1n) is 7.24. The van der Waals surface area contributed by atoms with Gasteiger partial charge in [-0.1, -0.05) is 0 Å². The lowest BCUT2D eigenvalue weighted by Crippen LogP contribution is -2.53. The molecule has 9 heteroatoms. The van der Waals surface area contributed by atoms with Gasteiger partial charge in [0.05, 0.1) is 25.4 Å². The van der Waals surface area contributed by atoms with Gasteiger partial charge in [-0.3, -0.25) is 0 Å². The zero-order chi connectivity index (χ0) is 16.3. The van der Waals surface area contributed by atoms with Crippen molar-refractivity contribution in [2.75, 3.05) is 20.3 Å². The molecule has 0 bridgehead atoms. The number of rotatable bonds is 5. The maximum Gasteiger partial charge on any atom is 0.160 e. The highest BCUT2D eigenvalue weighted by Gasteiger charge is 2.40. The van der Waals surface area contributed by atoms with Crippen LogP contribution in [0.5, 0.6) is 0 Å². The first kappa shape index (κ1) is 18.0. The van der Waals surface area contributed by atoms with Crippen molar-refractivity contribution in [1.82, 2.24) is 0 Å². The Bertz CT molecular complexity index is 341. The molecule has 0 aromatic heterocycles. The molecule has 2 fully saturated rings. The minimum atomic E-state index is -1.18. The number of aliphatic hydroxyl groups excluding tert-OH is 5. The molecule has 0 aromatic carbocycles. The second kappa shape index (κ2) is 7.95. The monoisotopic (exact) mass is 324 g/mol. The van der Waals surface area contributed by atoms with Gasteiger partial charge in [0, 0.05) is 20.0 Å². The molecule has 8 atom stereocenters. The first-order valence-corrected chi connectivity index (χ1v) is 7.24. The van der Waals surface area contributed by atoms with Crippen LogP contribution >= 0.6 is 0 Å². The van der Waals surface area contributed by atoms with E-state index in [1.807, 2.05) is 0 Å². The quantitative estimate of drug-likeness (QED) is 0.366. The van der Waals surface area contributed by atoms with E-state index in [9.17, 15) is 20.4 Å². The van der Waals surface area contributed by atoms with Crippen LogP contribution in [0.4, 0.5) is 0 Å².